The quantitative estimate of drug-likeness (QED) is 0.429. The number of carbonyl (C=O) groups is 1. The molecule has 0 saturated carbocycles. The normalized spacial score (nSPS) is 27.1. The van der Waals surface area contributed by atoms with Gasteiger partial charge in [-0.15, -0.1) is 0 Å². The summed E-state index contributed by atoms with van der Waals surface area (Å²) >= 11 is 0. The van der Waals surface area contributed by atoms with Crippen LogP contribution in [0.3, 0.4) is 0 Å². The van der Waals surface area contributed by atoms with Crippen molar-refractivity contribution < 1.29 is 28.9 Å². The molecule has 0 spiro atoms. The molecule has 2 saturated heterocycles. The van der Waals surface area contributed by atoms with Gasteiger partial charge in [0.2, 0.25) is 0 Å². The number of carboxylic acid groups (broad SMARTS) is 1. The molecule has 3 rings (SSSR count). The summed E-state index contributed by atoms with van der Waals surface area (Å²) < 4.78 is 24.5. The number of fused-ring (bicyclic) bond motifs is 2. The Balaban J connectivity index is 1.46. The SMILES string of the molecule is O=C(O)CCCC=CC[C@@H]1[C@@H](C=C[C@H](O)COc2ccc(F)cc2)[C@H]2CC[C@@H]1O2. The lowest BCUT2D eigenvalue weighted by Gasteiger charge is -2.25. The number of benzene rings is 1. The van der Waals surface area contributed by atoms with Crippen LogP contribution in [0.25, 0.3) is 0 Å². The molecule has 5 atom stereocenters. The minimum Gasteiger partial charge on any atom is -0.491 e. The lowest BCUT2D eigenvalue weighted by Crippen LogP contribution is -2.26. The number of hydrogen-bond acceptors (Lipinski definition) is 4. The van der Waals surface area contributed by atoms with Gasteiger partial charge in [-0.25, -0.2) is 4.39 Å². The van der Waals surface area contributed by atoms with Gasteiger partial charge >= 0.3 is 5.97 Å². The van der Waals surface area contributed by atoms with Crippen molar-refractivity contribution in [3.8, 4) is 5.75 Å². The molecule has 158 valence electrons. The fourth-order valence-corrected chi connectivity index (χ4v) is 4.15. The molecule has 29 heavy (non-hydrogen) atoms. The van der Waals surface area contributed by atoms with E-state index >= 15 is 0 Å². The summed E-state index contributed by atoms with van der Waals surface area (Å²) in [6.45, 7) is 0.109. The molecule has 0 unspecified atom stereocenters. The zero-order valence-electron chi connectivity index (χ0n) is 16.5. The first-order valence-electron chi connectivity index (χ1n) is 10.3. The number of hydrogen-bond donors (Lipinski definition) is 2. The molecule has 2 heterocycles. The van der Waals surface area contributed by atoms with Gasteiger partial charge in [0, 0.05) is 12.3 Å². The molecule has 2 bridgehead atoms. The van der Waals surface area contributed by atoms with Crippen LogP contribution in [0.5, 0.6) is 5.75 Å². The molecule has 6 heteroatoms. The fraction of sp³-hybridized carbons (Fsp3) is 0.522. The highest BCUT2D eigenvalue weighted by Crippen LogP contribution is 2.45. The van der Waals surface area contributed by atoms with Crippen LogP contribution in [0.1, 0.15) is 38.5 Å². The lowest BCUT2D eigenvalue weighted by molar-refractivity contribution is -0.137. The summed E-state index contributed by atoms with van der Waals surface area (Å²) in [5.74, 6) is 0.0833. The van der Waals surface area contributed by atoms with E-state index in [-0.39, 0.29) is 37.0 Å². The number of aliphatic hydroxyl groups is 1. The first-order valence-corrected chi connectivity index (χ1v) is 10.3. The third-order valence-electron chi connectivity index (χ3n) is 5.61. The second-order valence-electron chi connectivity index (χ2n) is 7.74. The molecule has 0 amide bonds. The highest BCUT2D eigenvalue weighted by Gasteiger charge is 2.46. The number of rotatable bonds is 11. The molecule has 2 aliphatic rings. The molecule has 1 aromatic rings. The molecule has 2 N–H and O–H groups in total. The van der Waals surface area contributed by atoms with Gasteiger partial charge in [0.25, 0.3) is 0 Å². The van der Waals surface area contributed by atoms with Gasteiger partial charge in [0.05, 0.1) is 12.2 Å². The molecule has 2 fully saturated rings. The van der Waals surface area contributed by atoms with Crippen molar-refractivity contribution in [1.29, 1.82) is 0 Å². The van der Waals surface area contributed by atoms with Crippen LogP contribution in [0.4, 0.5) is 4.39 Å². The number of carboxylic acids is 1. The molecule has 0 aromatic heterocycles. The number of allylic oxidation sites excluding steroid dienone is 2. The third-order valence-corrected chi connectivity index (χ3v) is 5.61. The maximum absolute atomic E-state index is 12.9. The average Bonchev–Trinajstić information content (AvgIpc) is 3.30. The third kappa shape index (κ3) is 6.41. The van der Waals surface area contributed by atoms with Crippen molar-refractivity contribution in [3.05, 3.63) is 54.4 Å². The Bertz CT molecular complexity index is 714. The monoisotopic (exact) mass is 404 g/mol. The summed E-state index contributed by atoms with van der Waals surface area (Å²) in [5, 5.41) is 18.9. The molecular weight excluding hydrogens is 375 g/mol. The summed E-state index contributed by atoms with van der Waals surface area (Å²) in [7, 11) is 0. The van der Waals surface area contributed by atoms with E-state index in [4.69, 9.17) is 14.6 Å². The number of unbranched alkanes of at least 4 members (excludes halogenated alkanes) is 1. The van der Waals surface area contributed by atoms with Crippen LogP contribution in [0.2, 0.25) is 0 Å². The van der Waals surface area contributed by atoms with Crippen LogP contribution >= 0.6 is 0 Å². The number of aliphatic hydroxyl groups excluding tert-OH is 1. The Kier molecular flexibility index (Phi) is 7.83. The van der Waals surface area contributed by atoms with E-state index < -0.39 is 12.1 Å². The minimum absolute atomic E-state index is 0.109. The van der Waals surface area contributed by atoms with Gasteiger partial charge in [0.1, 0.15) is 24.3 Å². The molecule has 0 aliphatic carbocycles. The van der Waals surface area contributed by atoms with Crippen molar-refractivity contribution in [2.75, 3.05) is 6.61 Å². The van der Waals surface area contributed by atoms with E-state index in [1.165, 1.54) is 24.3 Å². The average molecular weight is 404 g/mol. The zero-order valence-corrected chi connectivity index (χ0v) is 16.5. The minimum atomic E-state index is -0.757. The van der Waals surface area contributed by atoms with Crippen molar-refractivity contribution in [2.24, 2.45) is 11.8 Å². The van der Waals surface area contributed by atoms with Gasteiger partial charge in [-0.2, -0.15) is 0 Å². The zero-order chi connectivity index (χ0) is 20.6. The van der Waals surface area contributed by atoms with E-state index in [0.717, 1.165) is 25.7 Å². The molecular formula is C23H29FO5. The number of aliphatic carboxylic acids is 1. The highest BCUT2D eigenvalue weighted by atomic mass is 19.1. The maximum Gasteiger partial charge on any atom is 0.303 e. The first-order chi connectivity index (χ1) is 14.0. The van der Waals surface area contributed by atoms with E-state index in [9.17, 15) is 14.3 Å². The van der Waals surface area contributed by atoms with E-state index in [0.29, 0.717) is 18.1 Å². The van der Waals surface area contributed by atoms with Gasteiger partial charge in [-0.1, -0.05) is 24.3 Å². The van der Waals surface area contributed by atoms with Crippen LogP contribution in [-0.2, 0) is 9.53 Å². The van der Waals surface area contributed by atoms with Crippen molar-refractivity contribution in [3.63, 3.8) is 0 Å². The topological polar surface area (TPSA) is 76.0 Å². The Morgan fingerprint density at radius 3 is 2.76 bits per heavy atom. The largest absolute Gasteiger partial charge is 0.491 e. The molecule has 5 nitrogen and oxygen atoms in total. The Morgan fingerprint density at radius 2 is 2.00 bits per heavy atom. The Morgan fingerprint density at radius 1 is 1.24 bits per heavy atom. The van der Waals surface area contributed by atoms with Gasteiger partial charge in [0.15, 0.2) is 0 Å². The Hall–Kier alpha value is -2.18. The maximum atomic E-state index is 12.9. The second kappa shape index (κ2) is 10.6. The Labute approximate surface area is 170 Å². The molecule has 2 aliphatic heterocycles. The highest BCUT2D eigenvalue weighted by molar-refractivity contribution is 5.66. The van der Waals surface area contributed by atoms with Crippen LogP contribution < -0.4 is 4.74 Å². The van der Waals surface area contributed by atoms with Crippen LogP contribution in [0, 0.1) is 17.7 Å². The van der Waals surface area contributed by atoms with Crippen molar-refractivity contribution in [2.45, 2.75) is 56.8 Å². The first kappa shape index (κ1) is 21.5. The second-order valence-corrected chi connectivity index (χ2v) is 7.74. The predicted molar refractivity (Wildman–Crippen MR) is 107 cm³/mol. The van der Waals surface area contributed by atoms with Gasteiger partial charge < -0.3 is 19.7 Å². The standard InChI is InChI=1S/C23H29FO5/c24-16-7-10-18(11-8-16)28-15-17(25)9-12-20-19(21-13-14-22(20)29-21)5-3-1-2-4-6-23(26)27/h1,3,7-12,17,19-22,25H,2,4-6,13-15H2,(H,26,27)/t17-,19+,20+,21-,22+/m0/s1. The summed E-state index contributed by atoms with van der Waals surface area (Å²) in [4.78, 5) is 10.5. The summed E-state index contributed by atoms with van der Waals surface area (Å²) in [6, 6.07) is 5.72. The van der Waals surface area contributed by atoms with Crippen LogP contribution in [-0.4, -0.2) is 41.1 Å². The van der Waals surface area contributed by atoms with E-state index in [2.05, 4.69) is 12.2 Å². The summed E-state index contributed by atoms with van der Waals surface area (Å²) in [5.41, 5.74) is 0. The fourth-order valence-electron chi connectivity index (χ4n) is 4.15. The number of halogens is 1. The molecule has 0 radical (unpaired) electrons. The van der Waals surface area contributed by atoms with Gasteiger partial charge in [-0.3, -0.25) is 4.79 Å². The van der Waals surface area contributed by atoms with Crippen LogP contribution in [0.15, 0.2) is 48.6 Å². The van der Waals surface area contributed by atoms with Crippen molar-refractivity contribution >= 4 is 5.97 Å². The van der Waals surface area contributed by atoms with Gasteiger partial charge in [-0.05, 0) is 62.3 Å². The molecule has 1 aromatic carbocycles. The predicted octanol–water partition coefficient (Wildman–Crippen LogP) is 4.12. The number of ether oxygens (including phenoxy) is 2. The van der Waals surface area contributed by atoms with E-state index in [1.54, 1.807) is 6.08 Å². The summed E-state index contributed by atoms with van der Waals surface area (Å²) in [6.07, 6.45) is 12.3. The van der Waals surface area contributed by atoms with E-state index in [1.807, 2.05) is 6.08 Å². The van der Waals surface area contributed by atoms with Crippen molar-refractivity contribution in [1.82, 2.24) is 0 Å². The lowest BCUT2D eigenvalue weighted by atomic mass is 9.77. The smallest absolute Gasteiger partial charge is 0.303 e.